The summed E-state index contributed by atoms with van der Waals surface area (Å²) in [5, 5.41) is 3.12. The molecule has 2 atom stereocenters. The fourth-order valence-electron chi connectivity index (χ4n) is 3.50. The third-order valence-corrected chi connectivity index (χ3v) is 4.58. The zero-order valence-electron chi connectivity index (χ0n) is 12.0. The Morgan fingerprint density at radius 2 is 1.78 bits per heavy atom. The lowest BCUT2D eigenvalue weighted by Gasteiger charge is -2.43. The van der Waals surface area contributed by atoms with E-state index < -0.39 is 0 Å². The van der Waals surface area contributed by atoms with Gasteiger partial charge in [-0.2, -0.15) is 0 Å². The van der Waals surface area contributed by atoms with E-state index >= 15 is 0 Å². The molecule has 0 radical (unpaired) electrons. The first kappa shape index (κ1) is 13.9. The summed E-state index contributed by atoms with van der Waals surface area (Å²) in [4.78, 5) is 12.2. The first-order valence-electron chi connectivity index (χ1n) is 7.40. The van der Waals surface area contributed by atoms with Crippen molar-refractivity contribution in [2.75, 3.05) is 6.54 Å². The maximum absolute atomic E-state index is 12.2. The number of carbonyl (C=O) groups is 1. The van der Waals surface area contributed by atoms with Gasteiger partial charge in [0.15, 0.2) is 0 Å². The number of amides is 1. The summed E-state index contributed by atoms with van der Waals surface area (Å²) in [7, 11) is 0. The highest BCUT2D eigenvalue weighted by Gasteiger charge is 2.40. The molecule has 0 heterocycles. The normalized spacial score (nSPS) is 36.2. The highest BCUT2D eigenvalue weighted by Crippen LogP contribution is 2.41. The van der Waals surface area contributed by atoms with Crippen LogP contribution in [0.5, 0.6) is 0 Å². The van der Waals surface area contributed by atoms with E-state index in [0.29, 0.717) is 17.9 Å². The van der Waals surface area contributed by atoms with Gasteiger partial charge in [0.05, 0.1) is 0 Å². The summed E-state index contributed by atoms with van der Waals surface area (Å²) >= 11 is 0. The SMILES string of the molecule is CC(C)(C)CNC(=O)C1CC2CCCC(C1)C2N. The summed E-state index contributed by atoms with van der Waals surface area (Å²) in [5.41, 5.74) is 6.42. The second kappa shape index (κ2) is 5.20. The average molecular weight is 252 g/mol. The van der Waals surface area contributed by atoms with Crippen LogP contribution >= 0.6 is 0 Å². The van der Waals surface area contributed by atoms with E-state index in [1.807, 2.05) is 0 Å². The van der Waals surface area contributed by atoms with Gasteiger partial charge in [-0.05, 0) is 42.9 Å². The van der Waals surface area contributed by atoms with Crippen LogP contribution in [0.3, 0.4) is 0 Å². The molecule has 2 aliphatic carbocycles. The van der Waals surface area contributed by atoms with Crippen LogP contribution in [-0.4, -0.2) is 18.5 Å². The van der Waals surface area contributed by atoms with Gasteiger partial charge < -0.3 is 11.1 Å². The zero-order chi connectivity index (χ0) is 13.3. The molecule has 2 fully saturated rings. The lowest BCUT2D eigenvalue weighted by atomic mass is 9.65. The van der Waals surface area contributed by atoms with Gasteiger partial charge in [-0.1, -0.05) is 27.2 Å². The van der Waals surface area contributed by atoms with E-state index in [4.69, 9.17) is 5.73 Å². The van der Waals surface area contributed by atoms with Crippen molar-refractivity contribution in [1.82, 2.24) is 5.32 Å². The summed E-state index contributed by atoms with van der Waals surface area (Å²) in [6.45, 7) is 7.22. The molecule has 2 rings (SSSR count). The number of hydrogen-bond donors (Lipinski definition) is 2. The standard InChI is InChI=1S/C15H28N2O/c1-15(2,3)9-17-14(18)12-7-10-5-4-6-11(8-12)13(10)16/h10-13H,4-9,16H2,1-3H3,(H,17,18). The van der Waals surface area contributed by atoms with Crippen molar-refractivity contribution in [3.8, 4) is 0 Å². The van der Waals surface area contributed by atoms with Crippen LogP contribution < -0.4 is 11.1 Å². The van der Waals surface area contributed by atoms with Gasteiger partial charge in [-0.25, -0.2) is 0 Å². The first-order chi connectivity index (χ1) is 8.37. The predicted octanol–water partition coefficient (Wildman–Crippen LogP) is 2.30. The van der Waals surface area contributed by atoms with Crippen LogP contribution in [0.4, 0.5) is 0 Å². The van der Waals surface area contributed by atoms with Crippen LogP contribution in [-0.2, 0) is 4.79 Å². The number of fused-ring (bicyclic) bond motifs is 2. The minimum absolute atomic E-state index is 0.163. The van der Waals surface area contributed by atoms with Crippen molar-refractivity contribution in [2.45, 2.75) is 58.9 Å². The van der Waals surface area contributed by atoms with Gasteiger partial charge in [-0.3, -0.25) is 4.79 Å². The molecular formula is C15H28N2O. The van der Waals surface area contributed by atoms with Crippen LogP contribution in [0, 0.1) is 23.2 Å². The molecule has 3 heteroatoms. The van der Waals surface area contributed by atoms with Crippen LogP contribution in [0.15, 0.2) is 0 Å². The molecule has 0 aromatic rings. The van der Waals surface area contributed by atoms with Crippen molar-refractivity contribution in [1.29, 1.82) is 0 Å². The molecule has 3 N–H and O–H groups in total. The Morgan fingerprint density at radius 1 is 1.22 bits per heavy atom. The Labute approximate surface area is 111 Å². The molecule has 0 saturated heterocycles. The van der Waals surface area contributed by atoms with Gasteiger partial charge >= 0.3 is 0 Å². The smallest absolute Gasteiger partial charge is 0.223 e. The van der Waals surface area contributed by atoms with Gasteiger partial charge in [0.1, 0.15) is 0 Å². The second-order valence-electron chi connectivity index (χ2n) is 7.48. The summed E-state index contributed by atoms with van der Waals surface area (Å²) in [6.07, 6.45) is 5.77. The molecule has 18 heavy (non-hydrogen) atoms. The van der Waals surface area contributed by atoms with Crippen molar-refractivity contribution in [2.24, 2.45) is 28.9 Å². The summed E-state index contributed by atoms with van der Waals surface area (Å²) in [5.74, 6) is 1.64. The number of hydrogen-bond acceptors (Lipinski definition) is 2. The topological polar surface area (TPSA) is 55.1 Å². The molecule has 2 aliphatic rings. The lowest BCUT2D eigenvalue weighted by Crippen LogP contribution is -2.49. The van der Waals surface area contributed by atoms with Crippen molar-refractivity contribution < 1.29 is 4.79 Å². The molecule has 104 valence electrons. The van der Waals surface area contributed by atoms with Crippen molar-refractivity contribution in [3.05, 3.63) is 0 Å². The highest BCUT2D eigenvalue weighted by atomic mass is 16.1. The fourth-order valence-corrected chi connectivity index (χ4v) is 3.50. The molecule has 2 bridgehead atoms. The van der Waals surface area contributed by atoms with E-state index in [-0.39, 0.29) is 17.2 Å². The van der Waals surface area contributed by atoms with E-state index in [9.17, 15) is 4.79 Å². The minimum Gasteiger partial charge on any atom is -0.355 e. The molecule has 3 nitrogen and oxygen atoms in total. The Kier molecular flexibility index (Phi) is 4.00. The molecular weight excluding hydrogens is 224 g/mol. The molecule has 0 aliphatic heterocycles. The molecule has 2 unspecified atom stereocenters. The minimum atomic E-state index is 0.163. The van der Waals surface area contributed by atoms with Crippen molar-refractivity contribution >= 4 is 5.91 Å². The number of carbonyl (C=O) groups excluding carboxylic acids is 1. The zero-order valence-corrected chi connectivity index (χ0v) is 12.0. The summed E-state index contributed by atoms with van der Waals surface area (Å²) in [6, 6.07) is 0.352. The summed E-state index contributed by atoms with van der Waals surface area (Å²) < 4.78 is 0. The van der Waals surface area contributed by atoms with Crippen LogP contribution in [0.2, 0.25) is 0 Å². The third kappa shape index (κ3) is 3.25. The van der Waals surface area contributed by atoms with Gasteiger partial charge in [0.25, 0.3) is 0 Å². The van der Waals surface area contributed by atoms with Crippen LogP contribution in [0.1, 0.15) is 52.9 Å². The quantitative estimate of drug-likeness (QED) is 0.792. The fraction of sp³-hybridized carbons (Fsp3) is 0.933. The molecule has 0 aromatic heterocycles. The molecule has 0 spiro atoms. The maximum atomic E-state index is 12.2. The maximum Gasteiger partial charge on any atom is 0.223 e. The molecule has 0 aromatic carbocycles. The number of rotatable bonds is 2. The van der Waals surface area contributed by atoms with Crippen molar-refractivity contribution in [3.63, 3.8) is 0 Å². The van der Waals surface area contributed by atoms with Gasteiger partial charge in [-0.15, -0.1) is 0 Å². The van der Waals surface area contributed by atoms with E-state index in [1.165, 1.54) is 19.3 Å². The van der Waals surface area contributed by atoms with E-state index in [1.54, 1.807) is 0 Å². The number of nitrogens with one attached hydrogen (secondary N) is 1. The number of nitrogens with two attached hydrogens (primary N) is 1. The van der Waals surface area contributed by atoms with Gasteiger partial charge in [0, 0.05) is 18.5 Å². The molecule has 1 amide bonds. The van der Waals surface area contributed by atoms with Crippen LogP contribution in [0.25, 0.3) is 0 Å². The van der Waals surface area contributed by atoms with E-state index in [2.05, 4.69) is 26.1 Å². The first-order valence-corrected chi connectivity index (χ1v) is 7.40. The Balaban J connectivity index is 1.88. The Bertz CT molecular complexity index is 294. The Hall–Kier alpha value is -0.570. The third-order valence-electron chi connectivity index (χ3n) is 4.58. The monoisotopic (exact) mass is 252 g/mol. The second-order valence-corrected chi connectivity index (χ2v) is 7.48. The molecule has 2 saturated carbocycles. The largest absolute Gasteiger partial charge is 0.355 e. The predicted molar refractivity (Wildman–Crippen MR) is 74.0 cm³/mol. The highest BCUT2D eigenvalue weighted by molar-refractivity contribution is 5.78. The average Bonchev–Trinajstić information content (AvgIpc) is 2.24. The lowest BCUT2D eigenvalue weighted by molar-refractivity contribution is -0.128. The van der Waals surface area contributed by atoms with E-state index in [0.717, 1.165) is 19.4 Å². The Morgan fingerprint density at radius 3 is 2.28 bits per heavy atom. The van der Waals surface area contributed by atoms with Gasteiger partial charge in [0.2, 0.25) is 5.91 Å².